The van der Waals surface area contributed by atoms with Crippen molar-refractivity contribution in [3.05, 3.63) is 86.9 Å². The van der Waals surface area contributed by atoms with E-state index in [9.17, 15) is 22.8 Å². The number of halogens is 3. The third kappa shape index (κ3) is 5.57. The highest BCUT2D eigenvalue weighted by Gasteiger charge is 2.37. The number of carbonyl (C=O) groups excluding carboxylic acids is 3. The van der Waals surface area contributed by atoms with Crippen LogP contribution in [0.4, 0.5) is 10.5 Å². The Morgan fingerprint density at radius 3 is 2.22 bits per heavy atom. The van der Waals surface area contributed by atoms with Crippen molar-refractivity contribution in [3.63, 3.8) is 0 Å². The van der Waals surface area contributed by atoms with Crippen LogP contribution >= 0.6 is 34.8 Å². The molecular formula is C24H15Cl3N2O7S. The van der Waals surface area contributed by atoms with Crippen LogP contribution in [0.3, 0.4) is 0 Å². The lowest BCUT2D eigenvalue weighted by molar-refractivity contribution is -0.122. The molecule has 0 unspecified atom stereocenters. The van der Waals surface area contributed by atoms with Crippen molar-refractivity contribution in [1.29, 1.82) is 0 Å². The molecule has 0 aliphatic carbocycles. The van der Waals surface area contributed by atoms with Crippen LogP contribution in [0.15, 0.2) is 71.1 Å². The van der Waals surface area contributed by atoms with Crippen LogP contribution < -0.4 is 19.1 Å². The number of nitrogens with zero attached hydrogens (tertiary/aromatic N) is 1. The van der Waals surface area contributed by atoms with Gasteiger partial charge in [-0.1, -0.05) is 40.9 Å². The minimum atomic E-state index is -4.21. The number of hydrogen-bond acceptors (Lipinski definition) is 7. The van der Waals surface area contributed by atoms with Crippen molar-refractivity contribution in [2.75, 3.05) is 12.0 Å². The van der Waals surface area contributed by atoms with E-state index in [4.69, 9.17) is 43.7 Å². The second-order valence-electron chi connectivity index (χ2n) is 7.46. The highest BCUT2D eigenvalue weighted by atomic mass is 35.5. The Morgan fingerprint density at radius 1 is 0.865 bits per heavy atom. The predicted octanol–water partition coefficient (Wildman–Crippen LogP) is 5.09. The molecule has 37 heavy (non-hydrogen) atoms. The summed E-state index contributed by atoms with van der Waals surface area (Å²) in [5, 5.41) is 2.77. The molecule has 9 nitrogen and oxygen atoms in total. The van der Waals surface area contributed by atoms with E-state index in [1.807, 2.05) is 0 Å². The maximum Gasteiger partial charge on any atom is 0.339 e. The number of barbiturate groups is 1. The summed E-state index contributed by atoms with van der Waals surface area (Å²) in [6.07, 6.45) is 1.22. The third-order valence-corrected chi connectivity index (χ3v) is 7.30. The zero-order valence-electron chi connectivity index (χ0n) is 18.7. The molecule has 3 aromatic rings. The Balaban J connectivity index is 1.65. The molecule has 190 valence electrons. The third-order valence-electron chi connectivity index (χ3n) is 5.06. The molecule has 1 aliphatic rings. The molecule has 0 aromatic heterocycles. The van der Waals surface area contributed by atoms with Gasteiger partial charge in [-0.3, -0.25) is 14.9 Å². The smallest absolute Gasteiger partial charge is 0.339 e. The van der Waals surface area contributed by atoms with E-state index in [1.54, 1.807) is 0 Å². The molecule has 1 saturated heterocycles. The molecule has 1 heterocycles. The topological polar surface area (TPSA) is 119 Å². The van der Waals surface area contributed by atoms with Crippen molar-refractivity contribution in [3.8, 4) is 11.5 Å². The lowest BCUT2D eigenvalue weighted by atomic mass is 10.1. The Kier molecular flexibility index (Phi) is 7.47. The number of hydrogen-bond donors (Lipinski definition) is 1. The molecule has 0 saturated carbocycles. The van der Waals surface area contributed by atoms with Gasteiger partial charge in [-0.15, -0.1) is 0 Å². The number of nitrogens with one attached hydrogen (secondary N) is 1. The summed E-state index contributed by atoms with van der Waals surface area (Å²) < 4.78 is 35.7. The Labute approximate surface area is 226 Å². The first-order valence-electron chi connectivity index (χ1n) is 10.2. The Hall–Kier alpha value is -3.57. The van der Waals surface area contributed by atoms with Crippen LogP contribution in [0.5, 0.6) is 11.5 Å². The van der Waals surface area contributed by atoms with Gasteiger partial charge in [0.15, 0.2) is 11.5 Å². The zero-order chi connectivity index (χ0) is 26.9. The van der Waals surface area contributed by atoms with E-state index in [0.717, 1.165) is 4.90 Å². The number of rotatable bonds is 6. The molecule has 1 N–H and O–H groups in total. The van der Waals surface area contributed by atoms with Crippen LogP contribution in [-0.2, 0) is 19.7 Å². The first-order valence-corrected chi connectivity index (χ1v) is 12.8. The molecule has 4 rings (SSSR count). The Morgan fingerprint density at radius 2 is 1.57 bits per heavy atom. The fraction of sp³-hybridized carbons (Fsp3) is 0.0417. The van der Waals surface area contributed by atoms with E-state index in [0.29, 0.717) is 5.02 Å². The number of benzene rings is 3. The SMILES string of the molecule is COc1cc(/C=C2\C(=O)NC(=O)N(c3ccc(Cl)c(Cl)c3)C2=O)ccc1OS(=O)(=O)c1ccc(Cl)cc1. The number of carbonyl (C=O) groups is 3. The summed E-state index contributed by atoms with van der Waals surface area (Å²) in [6, 6.07) is 12.6. The fourth-order valence-corrected chi connectivity index (χ4v) is 4.65. The molecule has 1 aliphatic heterocycles. The van der Waals surface area contributed by atoms with Crippen molar-refractivity contribution in [2.45, 2.75) is 4.90 Å². The average Bonchev–Trinajstić information content (AvgIpc) is 2.84. The summed E-state index contributed by atoms with van der Waals surface area (Å²) in [5.41, 5.74) is 0.0224. The van der Waals surface area contributed by atoms with Gasteiger partial charge < -0.3 is 8.92 Å². The highest BCUT2D eigenvalue weighted by molar-refractivity contribution is 7.87. The quantitative estimate of drug-likeness (QED) is 0.245. The lowest BCUT2D eigenvalue weighted by Gasteiger charge is -2.26. The van der Waals surface area contributed by atoms with Crippen LogP contribution in [0.1, 0.15) is 5.56 Å². The van der Waals surface area contributed by atoms with Gasteiger partial charge in [0.1, 0.15) is 10.5 Å². The molecular weight excluding hydrogens is 567 g/mol. The van der Waals surface area contributed by atoms with Crippen molar-refractivity contribution < 1.29 is 31.7 Å². The number of methoxy groups -OCH3 is 1. The fourth-order valence-electron chi connectivity index (χ4n) is 3.29. The first-order chi connectivity index (χ1) is 17.5. The van der Waals surface area contributed by atoms with Crippen molar-refractivity contribution in [2.24, 2.45) is 0 Å². The summed E-state index contributed by atoms with van der Waals surface area (Å²) >= 11 is 17.7. The normalized spacial score (nSPS) is 15.1. The number of ether oxygens (including phenoxy) is 1. The number of urea groups is 1. The van der Waals surface area contributed by atoms with Gasteiger partial charge in [0.05, 0.1) is 22.8 Å². The van der Waals surface area contributed by atoms with Gasteiger partial charge in [-0.05, 0) is 66.2 Å². The van der Waals surface area contributed by atoms with E-state index < -0.39 is 28.0 Å². The second-order valence-corrected chi connectivity index (χ2v) is 10.3. The van der Waals surface area contributed by atoms with Crippen LogP contribution in [0, 0.1) is 0 Å². The van der Waals surface area contributed by atoms with E-state index >= 15 is 0 Å². The van der Waals surface area contributed by atoms with Crippen LogP contribution in [0.2, 0.25) is 15.1 Å². The zero-order valence-corrected chi connectivity index (χ0v) is 21.8. The first kappa shape index (κ1) is 26.5. The molecule has 0 bridgehead atoms. The van der Waals surface area contributed by atoms with Gasteiger partial charge in [-0.25, -0.2) is 9.69 Å². The minimum Gasteiger partial charge on any atom is -0.493 e. The second kappa shape index (κ2) is 10.4. The van der Waals surface area contributed by atoms with Crippen LogP contribution in [-0.4, -0.2) is 33.4 Å². The van der Waals surface area contributed by atoms with Gasteiger partial charge in [0.2, 0.25) is 0 Å². The molecule has 0 spiro atoms. The lowest BCUT2D eigenvalue weighted by Crippen LogP contribution is -2.54. The number of amides is 4. The standard InChI is InChI=1S/C24H15Cl3N2O7S/c1-35-21-11-13(2-9-20(21)36-37(33,34)16-6-3-14(25)4-7-16)10-17-22(30)28-24(32)29(23(17)31)15-5-8-18(26)19(27)12-15/h2-12H,1H3,(H,28,30,32)/b17-10+. The predicted molar refractivity (Wildman–Crippen MR) is 138 cm³/mol. The summed E-state index contributed by atoms with van der Waals surface area (Å²) in [4.78, 5) is 38.6. The van der Waals surface area contributed by atoms with E-state index in [2.05, 4.69) is 5.32 Å². The summed E-state index contributed by atoms with van der Waals surface area (Å²) in [7, 11) is -2.92. The maximum absolute atomic E-state index is 13.1. The Bertz CT molecular complexity index is 1570. The molecule has 0 atom stereocenters. The number of anilines is 1. The van der Waals surface area contributed by atoms with Crippen molar-refractivity contribution >= 4 is 74.5 Å². The minimum absolute atomic E-state index is 0.00738. The summed E-state index contributed by atoms with van der Waals surface area (Å²) in [6.45, 7) is 0. The molecule has 0 radical (unpaired) electrons. The number of imide groups is 2. The molecule has 4 amide bonds. The van der Waals surface area contributed by atoms with Gasteiger partial charge >= 0.3 is 16.1 Å². The van der Waals surface area contributed by atoms with Crippen molar-refractivity contribution in [1.82, 2.24) is 5.32 Å². The monoisotopic (exact) mass is 580 g/mol. The largest absolute Gasteiger partial charge is 0.493 e. The maximum atomic E-state index is 13.1. The molecule has 1 fully saturated rings. The van der Waals surface area contributed by atoms with E-state index in [-0.39, 0.29) is 43.3 Å². The van der Waals surface area contributed by atoms with Gasteiger partial charge in [0.25, 0.3) is 11.8 Å². The summed E-state index contributed by atoms with van der Waals surface area (Å²) in [5.74, 6) is -1.95. The average molecular weight is 582 g/mol. The van der Waals surface area contributed by atoms with Gasteiger partial charge in [0, 0.05) is 5.02 Å². The van der Waals surface area contributed by atoms with Crippen LogP contribution in [0.25, 0.3) is 6.08 Å². The van der Waals surface area contributed by atoms with Gasteiger partial charge in [-0.2, -0.15) is 8.42 Å². The van der Waals surface area contributed by atoms with E-state index in [1.165, 1.54) is 73.8 Å². The molecule has 13 heteroatoms. The molecule has 3 aromatic carbocycles. The highest BCUT2D eigenvalue weighted by Crippen LogP contribution is 2.33.